The van der Waals surface area contributed by atoms with Crippen LogP contribution in [0.3, 0.4) is 0 Å². The highest BCUT2D eigenvalue weighted by Gasteiger charge is 2.37. The van der Waals surface area contributed by atoms with Gasteiger partial charge >= 0.3 is 0 Å². The smallest absolute Gasteiger partial charge is 0.255 e. The van der Waals surface area contributed by atoms with E-state index in [1.165, 1.54) is 0 Å². The van der Waals surface area contributed by atoms with Crippen LogP contribution in [0.5, 0.6) is 0 Å². The second kappa shape index (κ2) is 6.65. The van der Waals surface area contributed by atoms with Gasteiger partial charge in [-0.25, -0.2) is 5.84 Å². The average Bonchev–Trinajstić information content (AvgIpc) is 3.28. The Hall–Kier alpha value is -1.43. The summed E-state index contributed by atoms with van der Waals surface area (Å²) in [6.07, 6.45) is 2.26. The minimum absolute atomic E-state index is 0.172. The minimum Gasteiger partial charge on any atom is -0.383 e. The van der Waals surface area contributed by atoms with Gasteiger partial charge in [0.1, 0.15) is 6.04 Å². The standard InChI is InChI=1S/C14H21N3O2/c1-19-10-9-17(12-7-8-12)13(14(18)16-15)11-5-3-2-4-6-11/h2-6,12-13H,7-10,15H2,1H3,(H,16,18). The van der Waals surface area contributed by atoms with E-state index in [4.69, 9.17) is 10.6 Å². The molecule has 1 unspecified atom stereocenters. The van der Waals surface area contributed by atoms with Gasteiger partial charge in [-0.2, -0.15) is 0 Å². The molecule has 0 aliphatic heterocycles. The maximum Gasteiger partial charge on any atom is 0.255 e. The van der Waals surface area contributed by atoms with Gasteiger partial charge in [-0.05, 0) is 18.4 Å². The van der Waals surface area contributed by atoms with Crippen molar-refractivity contribution in [3.05, 3.63) is 35.9 Å². The Labute approximate surface area is 113 Å². The summed E-state index contributed by atoms with van der Waals surface area (Å²) in [6, 6.07) is 9.86. The molecular weight excluding hydrogens is 242 g/mol. The molecular formula is C14H21N3O2. The molecule has 1 aliphatic carbocycles. The molecule has 0 saturated heterocycles. The van der Waals surface area contributed by atoms with Crippen LogP contribution in [0.4, 0.5) is 0 Å². The summed E-state index contributed by atoms with van der Waals surface area (Å²) in [5.74, 6) is 5.17. The summed E-state index contributed by atoms with van der Waals surface area (Å²) in [7, 11) is 1.67. The van der Waals surface area contributed by atoms with Crippen molar-refractivity contribution in [3.8, 4) is 0 Å². The molecule has 2 rings (SSSR count). The summed E-state index contributed by atoms with van der Waals surface area (Å²) < 4.78 is 5.15. The Morgan fingerprint density at radius 1 is 1.47 bits per heavy atom. The van der Waals surface area contributed by atoms with E-state index in [1.807, 2.05) is 30.3 Å². The lowest BCUT2D eigenvalue weighted by Crippen LogP contribution is -2.45. The largest absolute Gasteiger partial charge is 0.383 e. The van der Waals surface area contributed by atoms with Gasteiger partial charge in [0.05, 0.1) is 6.61 Å². The summed E-state index contributed by atoms with van der Waals surface area (Å²) in [5.41, 5.74) is 3.25. The third kappa shape index (κ3) is 3.53. The molecule has 19 heavy (non-hydrogen) atoms. The fraction of sp³-hybridized carbons (Fsp3) is 0.500. The molecule has 1 amide bonds. The molecule has 0 radical (unpaired) electrons. The van der Waals surface area contributed by atoms with Gasteiger partial charge in [0.15, 0.2) is 0 Å². The molecule has 0 aromatic heterocycles. The quantitative estimate of drug-likeness (QED) is 0.434. The molecule has 1 aliphatic rings. The van der Waals surface area contributed by atoms with Crippen LogP contribution in [0.2, 0.25) is 0 Å². The molecule has 3 N–H and O–H groups in total. The molecule has 1 saturated carbocycles. The fourth-order valence-electron chi connectivity index (χ4n) is 2.33. The zero-order valence-electron chi connectivity index (χ0n) is 11.2. The van der Waals surface area contributed by atoms with Crippen LogP contribution in [0.1, 0.15) is 24.4 Å². The van der Waals surface area contributed by atoms with Gasteiger partial charge in [0.25, 0.3) is 5.91 Å². The molecule has 5 nitrogen and oxygen atoms in total. The molecule has 5 heteroatoms. The lowest BCUT2D eigenvalue weighted by Gasteiger charge is -2.30. The maximum absolute atomic E-state index is 12.1. The fourth-order valence-corrected chi connectivity index (χ4v) is 2.33. The first-order valence-electron chi connectivity index (χ1n) is 6.58. The van der Waals surface area contributed by atoms with E-state index in [1.54, 1.807) is 7.11 Å². The van der Waals surface area contributed by atoms with Crippen molar-refractivity contribution in [2.45, 2.75) is 24.9 Å². The zero-order chi connectivity index (χ0) is 13.7. The predicted molar refractivity (Wildman–Crippen MR) is 73.1 cm³/mol. The number of benzene rings is 1. The summed E-state index contributed by atoms with van der Waals surface area (Å²) in [6.45, 7) is 1.34. The summed E-state index contributed by atoms with van der Waals surface area (Å²) >= 11 is 0. The topological polar surface area (TPSA) is 67.6 Å². The SMILES string of the molecule is COCCN(C1CC1)C(C(=O)NN)c1ccccc1. The number of nitrogens with zero attached hydrogens (tertiary/aromatic N) is 1. The Balaban J connectivity index is 2.22. The van der Waals surface area contributed by atoms with E-state index in [9.17, 15) is 4.79 Å². The number of amides is 1. The Morgan fingerprint density at radius 3 is 2.68 bits per heavy atom. The lowest BCUT2D eigenvalue weighted by molar-refractivity contribution is -0.127. The van der Waals surface area contributed by atoms with E-state index in [-0.39, 0.29) is 11.9 Å². The van der Waals surface area contributed by atoms with Gasteiger partial charge in [-0.3, -0.25) is 15.1 Å². The number of hydrogen-bond donors (Lipinski definition) is 2. The molecule has 1 fully saturated rings. The second-order valence-corrected chi connectivity index (χ2v) is 4.78. The third-order valence-corrected chi connectivity index (χ3v) is 3.41. The number of carbonyl (C=O) groups is 1. The first kappa shape index (κ1) is 14.0. The van der Waals surface area contributed by atoms with E-state index in [0.717, 1.165) is 24.9 Å². The number of nitrogens with one attached hydrogen (secondary N) is 1. The van der Waals surface area contributed by atoms with E-state index in [0.29, 0.717) is 12.6 Å². The molecule has 0 heterocycles. The van der Waals surface area contributed by atoms with E-state index in [2.05, 4.69) is 10.3 Å². The van der Waals surface area contributed by atoms with Crippen molar-refractivity contribution in [2.24, 2.45) is 5.84 Å². The number of hydrazine groups is 1. The van der Waals surface area contributed by atoms with Crippen molar-refractivity contribution < 1.29 is 9.53 Å². The van der Waals surface area contributed by atoms with Crippen LogP contribution >= 0.6 is 0 Å². The first-order chi connectivity index (χ1) is 9.27. The highest BCUT2D eigenvalue weighted by molar-refractivity contribution is 5.82. The second-order valence-electron chi connectivity index (χ2n) is 4.78. The predicted octanol–water partition coefficient (Wildman–Crippen LogP) is 0.828. The molecule has 1 aromatic rings. The van der Waals surface area contributed by atoms with Crippen molar-refractivity contribution in [1.82, 2.24) is 10.3 Å². The lowest BCUT2D eigenvalue weighted by atomic mass is 10.0. The summed E-state index contributed by atoms with van der Waals surface area (Å²) in [5, 5.41) is 0. The third-order valence-electron chi connectivity index (χ3n) is 3.41. The number of rotatable bonds is 7. The highest BCUT2D eigenvalue weighted by atomic mass is 16.5. The van der Waals surface area contributed by atoms with Gasteiger partial charge in [-0.15, -0.1) is 0 Å². The Bertz CT molecular complexity index is 406. The van der Waals surface area contributed by atoms with Crippen LogP contribution < -0.4 is 11.3 Å². The number of carbonyl (C=O) groups excluding carboxylic acids is 1. The van der Waals surface area contributed by atoms with Gasteiger partial charge in [-0.1, -0.05) is 30.3 Å². The number of hydrogen-bond acceptors (Lipinski definition) is 4. The number of ether oxygens (including phenoxy) is 1. The van der Waals surface area contributed by atoms with E-state index >= 15 is 0 Å². The maximum atomic E-state index is 12.1. The Morgan fingerprint density at radius 2 is 2.16 bits per heavy atom. The van der Waals surface area contributed by atoms with Crippen molar-refractivity contribution >= 4 is 5.91 Å². The zero-order valence-corrected chi connectivity index (χ0v) is 11.2. The van der Waals surface area contributed by atoms with Crippen molar-refractivity contribution in [1.29, 1.82) is 0 Å². The van der Waals surface area contributed by atoms with Gasteiger partial charge < -0.3 is 4.74 Å². The van der Waals surface area contributed by atoms with Crippen LogP contribution in [0.25, 0.3) is 0 Å². The van der Waals surface area contributed by atoms with E-state index < -0.39 is 0 Å². The average molecular weight is 263 g/mol. The summed E-state index contributed by atoms with van der Waals surface area (Å²) in [4.78, 5) is 14.3. The number of nitrogens with two attached hydrogens (primary N) is 1. The van der Waals surface area contributed by atoms with Gasteiger partial charge in [0, 0.05) is 19.7 Å². The van der Waals surface area contributed by atoms with Crippen LogP contribution in [-0.4, -0.2) is 37.1 Å². The van der Waals surface area contributed by atoms with Crippen LogP contribution in [-0.2, 0) is 9.53 Å². The van der Waals surface area contributed by atoms with Crippen LogP contribution in [0.15, 0.2) is 30.3 Å². The molecule has 104 valence electrons. The first-order valence-corrected chi connectivity index (χ1v) is 6.58. The number of methoxy groups -OCH3 is 1. The molecule has 0 spiro atoms. The molecule has 1 aromatic carbocycles. The highest BCUT2D eigenvalue weighted by Crippen LogP contribution is 2.34. The van der Waals surface area contributed by atoms with Gasteiger partial charge in [0.2, 0.25) is 0 Å². The molecule has 1 atom stereocenters. The normalized spacial score (nSPS) is 16.4. The Kier molecular flexibility index (Phi) is 4.90. The molecule has 0 bridgehead atoms. The monoisotopic (exact) mass is 263 g/mol. The van der Waals surface area contributed by atoms with Crippen LogP contribution in [0, 0.1) is 0 Å². The van der Waals surface area contributed by atoms with Crippen molar-refractivity contribution in [2.75, 3.05) is 20.3 Å². The minimum atomic E-state index is -0.339. The van der Waals surface area contributed by atoms with Crippen molar-refractivity contribution in [3.63, 3.8) is 0 Å².